The van der Waals surface area contributed by atoms with E-state index in [1.165, 1.54) is 276 Å². The van der Waals surface area contributed by atoms with Crippen molar-refractivity contribution < 1.29 is 89.4 Å². The molecule has 0 aromatic carbocycles. The van der Waals surface area contributed by atoms with Crippen molar-refractivity contribution >= 4 is 5.91 Å². The normalized spacial score (nSPS) is 26.4. The van der Waals surface area contributed by atoms with E-state index < -0.39 is 124 Å². The molecular weight excluding hydrogens is 1290 g/mol. The second kappa shape index (κ2) is 63.2. The number of nitrogens with one attached hydrogen (secondary N) is 1. The average molecular weight is 1440 g/mol. The molecule has 3 heterocycles. The number of hydrogen-bond donors (Lipinski definition) is 12. The van der Waals surface area contributed by atoms with Gasteiger partial charge in [-0.05, 0) is 44.9 Å². The number of unbranched alkanes of at least 4 members (excludes halogenated alkanes) is 48. The van der Waals surface area contributed by atoms with E-state index in [1.54, 1.807) is 0 Å². The maximum absolute atomic E-state index is 13.5. The number of carbonyl (C=O) groups is 1. The molecule has 1 amide bonds. The molecule has 3 rings (SSSR count). The van der Waals surface area contributed by atoms with Crippen LogP contribution in [0.3, 0.4) is 0 Å². The van der Waals surface area contributed by atoms with E-state index in [9.17, 15) is 61.0 Å². The molecule has 3 aliphatic heterocycles. The van der Waals surface area contributed by atoms with Crippen LogP contribution in [0, 0.1) is 0 Å². The lowest BCUT2D eigenvalue weighted by molar-refractivity contribution is -0.379. The number of rotatable bonds is 68. The van der Waals surface area contributed by atoms with Gasteiger partial charge in [0.05, 0.1) is 38.6 Å². The summed E-state index contributed by atoms with van der Waals surface area (Å²) in [5, 5.41) is 121. The van der Waals surface area contributed by atoms with Crippen LogP contribution in [0.2, 0.25) is 0 Å². The monoisotopic (exact) mass is 1440 g/mol. The lowest BCUT2D eigenvalue weighted by Gasteiger charge is -2.48. The van der Waals surface area contributed by atoms with Crippen molar-refractivity contribution in [1.82, 2.24) is 5.32 Å². The van der Waals surface area contributed by atoms with Gasteiger partial charge in [0.2, 0.25) is 5.91 Å². The lowest BCUT2D eigenvalue weighted by atomic mass is 9.96. The molecule has 0 bridgehead atoms. The van der Waals surface area contributed by atoms with Gasteiger partial charge < -0.3 is 89.9 Å². The zero-order valence-corrected chi connectivity index (χ0v) is 63.9. The Morgan fingerprint density at radius 3 is 1.01 bits per heavy atom. The van der Waals surface area contributed by atoms with E-state index in [0.717, 1.165) is 51.4 Å². The van der Waals surface area contributed by atoms with Crippen molar-refractivity contribution in [2.24, 2.45) is 0 Å². The standard InChI is InChI=1S/C82H155NO18/c1-3-5-7-9-11-13-15-17-19-21-23-24-25-26-27-28-29-30-31-32-33-34-35-36-37-38-39-40-42-44-46-48-50-52-54-56-58-60-70(88)83-65(66(87)59-57-55-53-51-49-47-45-43-41-22-20-18-16-14-12-10-8-6-4-2)64-96-80-76(94)73(91)78(68(62-85)98-80)101-82-77(95)74(92)79(69(63-86)99-82)100-81-75(93)72(90)71(89)67(61-84)97-81/h15,17,21,23,65-69,71-82,84-87,89-95H,3-14,16,18-20,22,24-64H2,1-2H3,(H,83,88)/b17-15-,23-21-. The van der Waals surface area contributed by atoms with E-state index in [1.807, 2.05) is 0 Å². The highest BCUT2D eigenvalue weighted by molar-refractivity contribution is 5.76. The molecule has 0 radical (unpaired) electrons. The maximum Gasteiger partial charge on any atom is 0.220 e. The summed E-state index contributed by atoms with van der Waals surface area (Å²) in [5.41, 5.74) is 0. The summed E-state index contributed by atoms with van der Waals surface area (Å²) < 4.78 is 34.5. The molecular formula is C82H155NO18. The Morgan fingerprint density at radius 2 is 0.653 bits per heavy atom. The molecule has 17 atom stereocenters. The summed E-state index contributed by atoms with van der Waals surface area (Å²) in [6.07, 6.45) is 50.0. The van der Waals surface area contributed by atoms with Gasteiger partial charge >= 0.3 is 0 Å². The summed E-state index contributed by atoms with van der Waals surface area (Å²) in [7, 11) is 0. The van der Waals surface area contributed by atoms with Crippen molar-refractivity contribution in [2.45, 2.75) is 465 Å². The number of aliphatic hydroxyl groups excluding tert-OH is 11. The SMILES string of the molecule is CCCCCCC/C=C\C/C=C\CCCCCCCCCCCCCCCCCCCCCCCCCCCC(=O)NC(COC1OC(CO)C(OC2OC(CO)C(OC3OC(CO)C(O)C(O)C3O)C(O)C2O)C(O)C1O)C(O)CCCCCCCCCCCCCCCCCCCCC. The largest absolute Gasteiger partial charge is 0.394 e. The number of ether oxygens (including phenoxy) is 6. The second-order valence-electron chi connectivity index (χ2n) is 30.3. The Morgan fingerprint density at radius 1 is 0.356 bits per heavy atom. The predicted molar refractivity (Wildman–Crippen MR) is 402 cm³/mol. The summed E-state index contributed by atoms with van der Waals surface area (Å²) in [6.45, 7) is 1.85. The van der Waals surface area contributed by atoms with Crippen LogP contribution < -0.4 is 5.32 Å². The van der Waals surface area contributed by atoms with Crippen molar-refractivity contribution in [3.63, 3.8) is 0 Å². The lowest BCUT2D eigenvalue weighted by Crippen LogP contribution is -2.66. The summed E-state index contributed by atoms with van der Waals surface area (Å²) in [6, 6.07) is -0.885. The molecule has 0 aromatic rings. The fourth-order valence-corrected chi connectivity index (χ4v) is 14.5. The Bertz CT molecular complexity index is 1920. The summed E-state index contributed by atoms with van der Waals surface area (Å²) >= 11 is 0. The Kier molecular flexibility index (Phi) is 58.5. The first-order valence-electron chi connectivity index (χ1n) is 42.1. The summed E-state index contributed by atoms with van der Waals surface area (Å²) in [5.74, 6) is -0.234. The van der Waals surface area contributed by atoms with Crippen LogP contribution in [0.5, 0.6) is 0 Å². The third-order valence-electron chi connectivity index (χ3n) is 21.3. The minimum atomic E-state index is -1.97. The Hall–Kier alpha value is -1.73. The van der Waals surface area contributed by atoms with Crippen LogP contribution in [-0.4, -0.2) is 193 Å². The van der Waals surface area contributed by atoms with Crippen molar-refractivity contribution in [1.29, 1.82) is 0 Å². The van der Waals surface area contributed by atoms with E-state index >= 15 is 0 Å². The molecule has 0 aliphatic carbocycles. The van der Waals surface area contributed by atoms with Gasteiger partial charge in [0.25, 0.3) is 0 Å². The first kappa shape index (κ1) is 93.5. The molecule has 3 fully saturated rings. The predicted octanol–water partition coefficient (Wildman–Crippen LogP) is 14.5. The third kappa shape index (κ3) is 43.2. The van der Waals surface area contributed by atoms with Gasteiger partial charge in [-0.3, -0.25) is 4.79 Å². The van der Waals surface area contributed by atoms with E-state index in [0.29, 0.717) is 12.8 Å². The highest BCUT2D eigenvalue weighted by atomic mass is 16.8. The van der Waals surface area contributed by atoms with Crippen LogP contribution in [0.4, 0.5) is 0 Å². The van der Waals surface area contributed by atoms with Gasteiger partial charge in [-0.2, -0.15) is 0 Å². The molecule has 12 N–H and O–H groups in total. The minimum absolute atomic E-state index is 0.234. The van der Waals surface area contributed by atoms with Gasteiger partial charge in [0.1, 0.15) is 73.2 Å². The van der Waals surface area contributed by atoms with Crippen LogP contribution in [-0.2, 0) is 33.2 Å². The van der Waals surface area contributed by atoms with Gasteiger partial charge in [0.15, 0.2) is 18.9 Å². The highest BCUT2D eigenvalue weighted by Gasteiger charge is 2.54. The highest BCUT2D eigenvalue weighted by Crippen LogP contribution is 2.33. The van der Waals surface area contributed by atoms with E-state index in [2.05, 4.69) is 43.5 Å². The van der Waals surface area contributed by atoms with Crippen LogP contribution in [0.1, 0.15) is 361 Å². The number of carbonyl (C=O) groups excluding carboxylic acids is 1. The minimum Gasteiger partial charge on any atom is -0.394 e. The third-order valence-corrected chi connectivity index (χ3v) is 21.3. The molecule has 17 unspecified atom stereocenters. The zero-order valence-electron chi connectivity index (χ0n) is 63.9. The van der Waals surface area contributed by atoms with Crippen molar-refractivity contribution in [2.75, 3.05) is 26.4 Å². The molecule has 596 valence electrons. The fraction of sp³-hybridized carbons (Fsp3) is 0.939. The molecule has 3 saturated heterocycles. The van der Waals surface area contributed by atoms with Crippen molar-refractivity contribution in [3.8, 4) is 0 Å². The van der Waals surface area contributed by atoms with E-state index in [-0.39, 0.29) is 18.9 Å². The van der Waals surface area contributed by atoms with Crippen molar-refractivity contribution in [3.05, 3.63) is 24.3 Å². The van der Waals surface area contributed by atoms with Gasteiger partial charge in [-0.1, -0.05) is 334 Å². The molecule has 0 aromatic heterocycles. The number of amides is 1. The quantitative estimate of drug-likeness (QED) is 0.0199. The smallest absolute Gasteiger partial charge is 0.220 e. The number of aliphatic hydroxyl groups is 11. The molecule has 0 saturated carbocycles. The van der Waals surface area contributed by atoms with Crippen LogP contribution >= 0.6 is 0 Å². The van der Waals surface area contributed by atoms with Crippen LogP contribution in [0.25, 0.3) is 0 Å². The van der Waals surface area contributed by atoms with Gasteiger partial charge in [-0.25, -0.2) is 0 Å². The van der Waals surface area contributed by atoms with Crippen LogP contribution in [0.15, 0.2) is 24.3 Å². The molecule has 19 heteroatoms. The molecule has 0 spiro atoms. The average Bonchev–Trinajstić information content (AvgIpc) is 0.789. The first-order valence-corrected chi connectivity index (χ1v) is 42.1. The zero-order chi connectivity index (χ0) is 73.2. The van der Waals surface area contributed by atoms with Gasteiger partial charge in [-0.15, -0.1) is 0 Å². The molecule has 19 nitrogen and oxygen atoms in total. The fourth-order valence-electron chi connectivity index (χ4n) is 14.5. The van der Waals surface area contributed by atoms with Gasteiger partial charge in [0, 0.05) is 6.42 Å². The van der Waals surface area contributed by atoms with E-state index in [4.69, 9.17) is 28.4 Å². The number of hydrogen-bond acceptors (Lipinski definition) is 18. The Balaban J connectivity index is 1.30. The number of allylic oxidation sites excluding steroid dienone is 4. The molecule has 101 heavy (non-hydrogen) atoms. The molecule has 3 aliphatic rings. The maximum atomic E-state index is 13.5. The Labute approximate surface area is 613 Å². The topological polar surface area (TPSA) is 307 Å². The summed E-state index contributed by atoms with van der Waals surface area (Å²) in [4.78, 5) is 13.5. The second-order valence-corrected chi connectivity index (χ2v) is 30.3. The first-order chi connectivity index (χ1) is 49.3.